The van der Waals surface area contributed by atoms with E-state index in [0.29, 0.717) is 0 Å². The van der Waals surface area contributed by atoms with Crippen LogP contribution in [0.15, 0.2) is 182 Å². The van der Waals surface area contributed by atoms with E-state index in [2.05, 4.69) is 191 Å². The molecule has 2 heteroatoms. The van der Waals surface area contributed by atoms with Crippen molar-refractivity contribution < 1.29 is 0 Å². The van der Waals surface area contributed by atoms with Crippen molar-refractivity contribution in [3.63, 3.8) is 0 Å². The van der Waals surface area contributed by atoms with Crippen LogP contribution in [0.3, 0.4) is 0 Å². The zero-order chi connectivity index (χ0) is 30.5. The van der Waals surface area contributed by atoms with Crippen molar-refractivity contribution in [3.8, 4) is 16.8 Å². The highest BCUT2D eigenvalue weighted by Gasteiger charge is 2.17. The third-order valence-corrected chi connectivity index (χ3v) is 9.15. The van der Waals surface area contributed by atoms with Gasteiger partial charge in [0.25, 0.3) is 0 Å². The molecule has 0 saturated carbocycles. The predicted octanol–water partition coefficient (Wildman–Crippen LogP) is 12.2. The maximum atomic E-state index is 2.42. The fraction of sp³-hybridized carbons (Fsp3) is 0. The van der Waals surface area contributed by atoms with E-state index >= 15 is 0 Å². The molecular formula is C44H30N2. The Morgan fingerprint density at radius 2 is 0.913 bits per heavy atom. The summed E-state index contributed by atoms with van der Waals surface area (Å²) in [7, 11) is 0. The quantitative estimate of drug-likeness (QED) is 0.195. The molecule has 46 heavy (non-hydrogen) atoms. The summed E-state index contributed by atoms with van der Waals surface area (Å²) in [5, 5.41) is 7.57. The van der Waals surface area contributed by atoms with Crippen LogP contribution in [0.1, 0.15) is 0 Å². The average molecular weight is 587 g/mol. The first-order valence-electron chi connectivity index (χ1n) is 15.8. The molecule has 216 valence electrons. The predicted molar refractivity (Wildman–Crippen MR) is 196 cm³/mol. The third-order valence-electron chi connectivity index (χ3n) is 9.15. The van der Waals surface area contributed by atoms with Crippen LogP contribution in [0.25, 0.3) is 60.2 Å². The molecule has 1 heterocycles. The summed E-state index contributed by atoms with van der Waals surface area (Å²) < 4.78 is 2.42. The standard InChI is InChI=1S/C44H30N2/c1-2-13-36(14-3-1)45(37-23-20-32(21-24-37)35-19-18-31-10-4-5-12-34(31)30-35)38-25-27-39(28-26-38)46-43-17-9-8-16-41(43)42-29-22-33-11-6-7-15-40(33)44(42)46/h1-30H. The second-order valence-corrected chi connectivity index (χ2v) is 11.8. The number of hydrogen-bond acceptors (Lipinski definition) is 1. The first-order valence-corrected chi connectivity index (χ1v) is 15.8. The van der Waals surface area contributed by atoms with Crippen LogP contribution < -0.4 is 4.90 Å². The molecule has 0 atom stereocenters. The van der Waals surface area contributed by atoms with Crippen LogP contribution in [0, 0.1) is 0 Å². The number of anilines is 3. The van der Waals surface area contributed by atoms with Gasteiger partial charge in [0.2, 0.25) is 0 Å². The van der Waals surface area contributed by atoms with E-state index in [0.717, 1.165) is 22.7 Å². The molecule has 0 fully saturated rings. The van der Waals surface area contributed by atoms with Gasteiger partial charge < -0.3 is 9.47 Å². The number of hydrogen-bond donors (Lipinski definition) is 0. The van der Waals surface area contributed by atoms with Crippen molar-refractivity contribution in [1.82, 2.24) is 4.57 Å². The lowest BCUT2D eigenvalue weighted by molar-refractivity contribution is 1.18. The van der Waals surface area contributed by atoms with E-state index in [1.165, 1.54) is 54.5 Å². The number of nitrogens with zero attached hydrogens (tertiary/aromatic N) is 2. The lowest BCUT2D eigenvalue weighted by Crippen LogP contribution is -2.10. The molecule has 9 aromatic rings. The summed E-state index contributed by atoms with van der Waals surface area (Å²) in [6.07, 6.45) is 0. The monoisotopic (exact) mass is 586 g/mol. The van der Waals surface area contributed by atoms with Crippen molar-refractivity contribution in [2.45, 2.75) is 0 Å². The molecule has 0 amide bonds. The number of aromatic nitrogens is 1. The van der Waals surface area contributed by atoms with E-state index in [1.54, 1.807) is 0 Å². The summed E-state index contributed by atoms with van der Waals surface area (Å²) in [6.45, 7) is 0. The van der Waals surface area contributed by atoms with E-state index in [-0.39, 0.29) is 0 Å². The van der Waals surface area contributed by atoms with Gasteiger partial charge in [-0.25, -0.2) is 0 Å². The summed E-state index contributed by atoms with van der Waals surface area (Å²) >= 11 is 0. The number of para-hydroxylation sites is 2. The molecule has 2 nitrogen and oxygen atoms in total. The third kappa shape index (κ3) is 4.35. The van der Waals surface area contributed by atoms with Crippen LogP contribution >= 0.6 is 0 Å². The van der Waals surface area contributed by atoms with Gasteiger partial charge in [-0.15, -0.1) is 0 Å². The van der Waals surface area contributed by atoms with Crippen LogP contribution in [-0.4, -0.2) is 4.57 Å². The Labute approximate surface area is 268 Å². The lowest BCUT2D eigenvalue weighted by atomic mass is 10.0. The minimum atomic E-state index is 1.11. The zero-order valence-corrected chi connectivity index (χ0v) is 25.2. The zero-order valence-electron chi connectivity index (χ0n) is 25.2. The highest BCUT2D eigenvalue weighted by Crippen LogP contribution is 2.39. The van der Waals surface area contributed by atoms with Crippen molar-refractivity contribution >= 4 is 60.4 Å². The normalized spacial score (nSPS) is 11.5. The first kappa shape index (κ1) is 26.3. The van der Waals surface area contributed by atoms with Gasteiger partial charge >= 0.3 is 0 Å². The number of fused-ring (bicyclic) bond motifs is 6. The molecule has 0 aliphatic rings. The van der Waals surface area contributed by atoms with Gasteiger partial charge in [0, 0.05) is 38.9 Å². The Morgan fingerprint density at radius 1 is 0.348 bits per heavy atom. The molecule has 0 unspecified atom stereocenters. The molecule has 9 rings (SSSR count). The summed E-state index contributed by atoms with van der Waals surface area (Å²) in [5.74, 6) is 0. The Morgan fingerprint density at radius 3 is 1.70 bits per heavy atom. The van der Waals surface area contributed by atoms with Crippen LogP contribution in [0.2, 0.25) is 0 Å². The van der Waals surface area contributed by atoms with Gasteiger partial charge in [-0.05, 0) is 87.9 Å². The molecule has 0 aliphatic heterocycles. The largest absolute Gasteiger partial charge is 0.311 e. The Bertz CT molecular complexity index is 2510. The number of benzene rings is 8. The lowest BCUT2D eigenvalue weighted by Gasteiger charge is -2.26. The van der Waals surface area contributed by atoms with E-state index in [9.17, 15) is 0 Å². The minimum Gasteiger partial charge on any atom is -0.311 e. The van der Waals surface area contributed by atoms with E-state index in [4.69, 9.17) is 0 Å². The van der Waals surface area contributed by atoms with Crippen molar-refractivity contribution in [1.29, 1.82) is 0 Å². The van der Waals surface area contributed by atoms with Crippen molar-refractivity contribution in [3.05, 3.63) is 182 Å². The Hall–Kier alpha value is -6.12. The molecule has 1 aromatic heterocycles. The molecule has 0 radical (unpaired) electrons. The molecular weight excluding hydrogens is 556 g/mol. The molecule has 0 bridgehead atoms. The maximum Gasteiger partial charge on any atom is 0.0619 e. The molecule has 0 saturated heterocycles. The summed E-state index contributed by atoms with van der Waals surface area (Å²) in [6, 6.07) is 65.6. The van der Waals surface area contributed by atoms with E-state index in [1.807, 2.05) is 0 Å². The summed E-state index contributed by atoms with van der Waals surface area (Å²) in [5.41, 5.74) is 9.38. The topological polar surface area (TPSA) is 8.17 Å². The van der Waals surface area contributed by atoms with Crippen LogP contribution in [0.5, 0.6) is 0 Å². The maximum absolute atomic E-state index is 2.42. The smallest absolute Gasteiger partial charge is 0.0619 e. The van der Waals surface area contributed by atoms with Crippen molar-refractivity contribution in [2.24, 2.45) is 0 Å². The van der Waals surface area contributed by atoms with Gasteiger partial charge in [0.15, 0.2) is 0 Å². The second kappa shape index (κ2) is 10.8. The molecule has 0 N–H and O–H groups in total. The Kier molecular flexibility index (Phi) is 6.17. The second-order valence-electron chi connectivity index (χ2n) is 11.8. The number of rotatable bonds is 5. The molecule has 8 aromatic carbocycles. The van der Waals surface area contributed by atoms with Crippen molar-refractivity contribution in [2.75, 3.05) is 4.90 Å². The highest BCUT2D eigenvalue weighted by molar-refractivity contribution is 6.18. The first-order chi connectivity index (χ1) is 22.8. The van der Waals surface area contributed by atoms with E-state index < -0.39 is 0 Å². The van der Waals surface area contributed by atoms with Gasteiger partial charge in [-0.1, -0.05) is 121 Å². The van der Waals surface area contributed by atoms with Gasteiger partial charge in [-0.3, -0.25) is 0 Å². The fourth-order valence-electron chi connectivity index (χ4n) is 6.95. The highest BCUT2D eigenvalue weighted by atomic mass is 15.1. The Balaban J connectivity index is 1.15. The molecule has 0 spiro atoms. The van der Waals surface area contributed by atoms with Crippen LogP contribution in [-0.2, 0) is 0 Å². The average Bonchev–Trinajstić information content (AvgIpc) is 3.48. The fourth-order valence-corrected chi connectivity index (χ4v) is 6.95. The minimum absolute atomic E-state index is 1.11. The van der Waals surface area contributed by atoms with Gasteiger partial charge in [0.05, 0.1) is 11.0 Å². The van der Waals surface area contributed by atoms with Crippen LogP contribution in [0.4, 0.5) is 17.1 Å². The SMILES string of the molecule is c1ccc(N(c2ccc(-c3ccc4ccccc4c3)cc2)c2ccc(-n3c4ccccc4c4ccc5ccccc5c43)cc2)cc1. The molecule has 0 aliphatic carbocycles. The summed E-state index contributed by atoms with van der Waals surface area (Å²) in [4.78, 5) is 2.33. The van der Waals surface area contributed by atoms with Gasteiger partial charge in [0.1, 0.15) is 0 Å². The van der Waals surface area contributed by atoms with Gasteiger partial charge in [-0.2, -0.15) is 0 Å².